The number of amides is 4. The lowest BCUT2D eigenvalue weighted by molar-refractivity contribution is -0.142. The summed E-state index contributed by atoms with van der Waals surface area (Å²) in [7, 11) is -2.56. The minimum atomic E-state index is -3.92. The number of nitrogens with one attached hydrogen (secondary N) is 3. The molecule has 3 N–H and O–H groups in total. The summed E-state index contributed by atoms with van der Waals surface area (Å²) < 4.78 is 60.5. The van der Waals surface area contributed by atoms with Crippen LogP contribution in [0.5, 0.6) is 11.6 Å². The maximum absolute atomic E-state index is 15.2. The van der Waals surface area contributed by atoms with E-state index in [0.29, 0.717) is 42.9 Å². The molecule has 3 heterocycles. The third kappa shape index (κ3) is 7.64. The number of aromatic nitrogens is 1. The van der Waals surface area contributed by atoms with Crippen molar-refractivity contribution in [3.05, 3.63) is 42.4 Å². The molecule has 2 aliphatic heterocycles. The first kappa shape index (κ1) is 38.4. The average Bonchev–Trinajstić information content (AvgIpc) is 4.12. The summed E-state index contributed by atoms with van der Waals surface area (Å²) in [4.78, 5) is 62.2. The fourth-order valence-corrected chi connectivity index (χ4v) is 10.5. The lowest BCUT2D eigenvalue weighted by Gasteiger charge is -2.33. The Bertz CT molecular complexity index is 2050. The van der Waals surface area contributed by atoms with Crippen molar-refractivity contribution >= 4 is 44.6 Å². The SMILES string of the molecule is COc1ccc2c(O[C@@H]3C[C@H]4C(=O)N[C@]5(C(=O)NS(=O)(=O)C6CC6)C[C@H]5/C=C\CC[C@@H](C)C[C@@H](C)[C@H](NC(=O)O[C@@H]5C[C@@H]6C[C@@H]6C5)C(=O)N4C3)nccc2c1F. The molecule has 5 fully saturated rings. The fraction of sp³-hybridized carbons (Fsp3) is 0.625. The molecule has 56 heavy (non-hydrogen) atoms. The number of halogens is 1. The molecule has 8 rings (SSSR count). The van der Waals surface area contributed by atoms with Gasteiger partial charge in [0, 0.05) is 29.3 Å². The minimum Gasteiger partial charge on any atom is -0.494 e. The van der Waals surface area contributed by atoms with Gasteiger partial charge in [-0.05, 0) is 99.7 Å². The van der Waals surface area contributed by atoms with Gasteiger partial charge in [0.2, 0.25) is 27.7 Å². The first-order chi connectivity index (χ1) is 26.8. The monoisotopic (exact) mass is 795 g/mol. The van der Waals surface area contributed by atoms with Gasteiger partial charge in [-0.3, -0.25) is 19.1 Å². The summed E-state index contributed by atoms with van der Waals surface area (Å²) in [5, 5.41) is 5.67. The molecule has 4 amide bonds. The summed E-state index contributed by atoms with van der Waals surface area (Å²) in [6, 6.07) is 2.35. The van der Waals surface area contributed by atoms with Gasteiger partial charge in [-0.15, -0.1) is 0 Å². The number of allylic oxidation sites excluding steroid dienone is 1. The van der Waals surface area contributed by atoms with Crippen LogP contribution in [-0.2, 0) is 29.1 Å². The van der Waals surface area contributed by atoms with Crippen LogP contribution in [-0.4, -0.2) is 90.9 Å². The summed E-state index contributed by atoms with van der Waals surface area (Å²) in [6.45, 7) is 3.89. The molecule has 16 heteroatoms. The second kappa shape index (κ2) is 14.8. The normalized spacial score (nSPS) is 34.8. The number of sulfonamides is 1. The maximum Gasteiger partial charge on any atom is 0.408 e. The Kier molecular flexibility index (Phi) is 10.1. The van der Waals surface area contributed by atoms with Crippen molar-refractivity contribution in [3.63, 3.8) is 0 Å². The van der Waals surface area contributed by atoms with E-state index < -0.39 is 74.5 Å². The minimum absolute atomic E-state index is 0.0281. The first-order valence-electron chi connectivity index (χ1n) is 19.9. The number of methoxy groups -OCH3 is 1. The van der Waals surface area contributed by atoms with Crippen molar-refractivity contribution in [2.75, 3.05) is 13.7 Å². The molecule has 10 atom stereocenters. The Morgan fingerprint density at radius 3 is 2.50 bits per heavy atom. The molecule has 1 aromatic heterocycles. The standard InChI is InChI=1S/C40H50FN5O9S/c1-21-6-4-5-7-25-19-40(25,38(49)45-56(51,52)28-8-9-28)44-35(47)31-18-27(54-36-30-10-11-32(53-3)33(41)29(30)12-13-42-36)20-46(31)37(48)34(22(2)14-21)43-39(50)55-26-16-23-15-24(23)17-26/h5,7,10-13,21-28,31,34H,4,6,8-9,14-20H2,1-3H3,(H,43,50)(H,44,47)(H,45,49)/b7-5-/t21-,22-,23-,24+,25-,26+,27-,31+,34+,40-/m1/s1. The van der Waals surface area contributed by atoms with E-state index in [1.54, 1.807) is 6.07 Å². The number of pyridine rings is 1. The summed E-state index contributed by atoms with van der Waals surface area (Å²) in [6.07, 6.45) is 9.36. The zero-order valence-corrected chi connectivity index (χ0v) is 32.7. The number of ether oxygens (including phenoxy) is 3. The Hall–Kier alpha value is -4.47. The summed E-state index contributed by atoms with van der Waals surface area (Å²) in [5.74, 6) is -1.94. The quantitative estimate of drug-likeness (QED) is 0.329. The van der Waals surface area contributed by atoms with Crippen LogP contribution >= 0.6 is 0 Å². The zero-order chi connectivity index (χ0) is 39.5. The molecule has 1 aromatic carbocycles. The van der Waals surface area contributed by atoms with Crippen molar-refractivity contribution in [2.45, 2.75) is 113 Å². The van der Waals surface area contributed by atoms with Gasteiger partial charge in [-0.2, -0.15) is 0 Å². The van der Waals surface area contributed by atoms with Gasteiger partial charge >= 0.3 is 6.09 Å². The van der Waals surface area contributed by atoms with Gasteiger partial charge in [-0.1, -0.05) is 26.0 Å². The predicted molar refractivity (Wildman–Crippen MR) is 201 cm³/mol. The Balaban J connectivity index is 1.10. The number of nitrogens with zero attached hydrogens (tertiary/aromatic N) is 2. The molecular weight excluding hydrogens is 746 g/mol. The molecule has 0 radical (unpaired) electrons. The Morgan fingerprint density at radius 1 is 1.00 bits per heavy atom. The highest BCUT2D eigenvalue weighted by Gasteiger charge is 2.62. The molecule has 14 nitrogen and oxygen atoms in total. The van der Waals surface area contributed by atoms with E-state index >= 15 is 4.39 Å². The Labute approximate surface area is 325 Å². The molecule has 1 saturated heterocycles. The Morgan fingerprint density at radius 2 is 1.77 bits per heavy atom. The third-order valence-corrected chi connectivity index (χ3v) is 14.5. The van der Waals surface area contributed by atoms with Crippen LogP contribution in [0.25, 0.3) is 10.8 Å². The van der Waals surface area contributed by atoms with Crippen molar-refractivity contribution in [1.29, 1.82) is 0 Å². The molecule has 4 saturated carbocycles. The van der Waals surface area contributed by atoms with E-state index in [2.05, 4.69) is 27.3 Å². The summed E-state index contributed by atoms with van der Waals surface area (Å²) >= 11 is 0. The zero-order valence-electron chi connectivity index (χ0n) is 31.9. The molecule has 0 unspecified atom stereocenters. The largest absolute Gasteiger partial charge is 0.494 e. The lowest BCUT2D eigenvalue weighted by atomic mass is 9.88. The van der Waals surface area contributed by atoms with E-state index in [0.717, 1.165) is 25.7 Å². The van der Waals surface area contributed by atoms with E-state index in [-0.39, 0.29) is 54.3 Å². The predicted octanol–water partition coefficient (Wildman–Crippen LogP) is 4.12. The number of rotatable bonds is 8. The molecule has 302 valence electrons. The molecule has 6 aliphatic rings. The van der Waals surface area contributed by atoms with Crippen molar-refractivity contribution in [2.24, 2.45) is 29.6 Å². The van der Waals surface area contributed by atoms with Crippen LogP contribution in [0.15, 0.2) is 36.5 Å². The van der Waals surface area contributed by atoms with E-state index in [4.69, 9.17) is 14.2 Å². The highest BCUT2D eigenvalue weighted by Crippen LogP contribution is 2.52. The molecule has 4 aliphatic carbocycles. The van der Waals surface area contributed by atoms with Crippen molar-refractivity contribution in [3.8, 4) is 11.6 Å². The van der Waals surface area contributed by atoms with Gasteiger partial charge in [0.05, 0.1) is 18.9 Å². The molecular formula is C40H50FN5O9S. The number of carbonyl (C=O) groups excluding carboxylic acids is 4. The highest BCUT2D eigenvalue weighted by molar-refractivity contribution is 7.91. The van der Waals surface area contributed by atoms with Crippen molar-refractivity contribution in [1.82, 2.24) is 25.2 Å². The number of benzene rings is 1. The number of hydrogen-bond donors (Lipinski definition) is 3. The number of alkyl carbamates (subject to hydrolysis) is 1. The van der Waals surface area contributed by atoms with Gasteiger partial charge in [0.15, 0.2) is 11.6 Å². The molecule has 0 bridgehead atoms. The van der Waals surface area contributed by atoms with Crippen LogP contribution in [0.1, 0.15) is 78.1 Å². The van der Waals surface area contributed by atoms with Gasteiger partial charge in [0.1, 0.15) is 29.8 Å². The van der Waals surface area contributed by atoms with Crippen LogP contribution in [0.4, 0.5) is 9.18 Å². The third-order valence-electron chi connectivity index (χ3n) is 12.7. The fourth-order valence-electron chi connectivity index (χ4n) is 9.15. The van der Waals surface area contributed by atoms with Crippen LogP contribution in [0, 0.1) is 35.4 Å². The van der Waals surface area contributed by atoms with Crippen LogP contribution in [0.2, 0.25) is 0 Å². The number of carbonyl (C=O) groups is 4. The van der Waals surface area contributed by atoms with Crippen LogP contribution < -0.4 is 24.8 Å². The first-order valence-corrected chi connectivity index (χ1v) is 21.4. The molecule has 0 spiro atoms. The maximum atomic E-state index is 15.2. The topological polar surface area (TPSA) is 182 Å². The van der Waals surface area contributed by atoms with Gasteiger partial charge < -0.3 is 29.7 Å². The number of hydrogen-bond acceptors (Lipinski definition) is 10. The van der Waals surface area contributed by atoms with Gasteiger partial charge in [0.25, 0.3) is 5.91 Å². The average molecular weight is 796 g/mol. The second-order valence-electron chi connectivity index (χ2n) is 16.9. The highest BCUT2D eigenvalue weighted by atomic mass is 32.2. The van der Waals surface area contributed by atoms with E-state index in [1.807, 2.05) is 19.1 Å². The lowest BCUT2D eigenvalue weighted by Crippen LogP contribution is -2.59. The summed E-state index contributed by atoms with van der Waals surface area (Å²) in [5.41, 5.74) is -1.54. The van der Waals surface area contributed by atoms with Crippen LogP contribution in [0.3, 0.4) is 0 Å². The van der Waals surface area contributed by atoms with E-state index in [1.165, 1.54) is 30.3 Å². The molecule has 2 aromatic rings. The number of fused-ring (bicyclic) bond motifs is 4. The smallest absolute Gasteiger partial charge is 0.408 e. The second-order valence-corrected chi connectivity index (χ2v) is 18.9. The van der Waals surface area contributed by atoms with Crippen molar-refractivity contribution < 1.29 is 46.2 Å². The van der Waals surface area contributed by atoms with E-state index in [9.17, 15) is 27.6 Å². The van der Waals surface area contributed by atoms with Gasteiger partial charge in [-0.25, -0.2) is 22.6 Å².